The summed E-state index contributed by atoms with van der Waals surface area (Å²) >= 11 is 0. The van der Waals surface area contributed by atoms with Crippen LogP contribution in [0.3, 0.4) is 0 Å². The van der Waals surface area contributed by atoms with Gasteiger partial charge in [0.25, 0.3) is 5.91 Å². The predicted octanol–water partition coefficient (Wildman–Crippen LogP) is 3.63. The lowest BCUT2D eigenvalue weighted by Gasteiger charge is -2.28. The summed E-state index contributed by atoms with van der Waals surface area (Å²) in [6.07, 6.45) is 6.44. The van der Waals surface area contributed by atoms with E-state index in [1.807, 2.05) is 35.8 Å². The number of hydrogen-bond donors (Lipinski definition) is 1. The molecule has 0 radical (unpaired) electrons. The Morgan fingerprint density at radius 2 is 1.94 bits per heavy atom. The van der Waals surface area contributed by atoms with Gasteiger partial charge < -0.3 is 14.7 Å². The number of amides is 1. The molecule has 2 aromatic heterocycles. The molecule has 7 heteroatoms. The van der Waals surface area contributed by atoms with Gasteiger partial charge in [0.05, 0.1) is 11.8 Å². The van der Waals surface area contributed by atoms with Crippen molar-refractivity contribution in [3.63, 3.8) is 0 Å². The highest BCUT2D eigenvalue weighted by molar-refractivity contribution is 6.00. The van der Waals surface area contributed by atoms with Crippen LogP contribution >= 0.6 is 0 Å². The third-order valence-electron chi connectivity index (χ3n) is 6.45. The number of aliphatic hydroxyl groups excluding tert-OH is 1. The van der Waals surface area contributed by atoms with E-state index in [0.717, 1.165) is 53.6 Å². The normalized spacial score (nSPS) is 20.5. The number of benzene rings is 1. The van der Waals surface area contributed by atoms with Crippen LogP contribution in [0, 0.1) is 6.92 Å². The second kappa shape index (κ2) is 8.39. The number of hydrogen-bond acceptors (Lipinski definition) is 5. The number of fused-ring (bicyclic) bond motifs is 1. The molecule has 0 bridgehead atoms. The minimum Gasteiger partial charge on any atom is -0.471 e. The van der Waals surface area contributed by atoms with Crippen LogP contribution in [0.15, 0.2) is 42.7 Å². The van der Waals surface area contributed by atoms with Crippen molar-refractivity contribution >= 4 is 5.91 Å². The summed E-state index contributed by atoms with van der Waals surface area (Å²) in [6, 6.07) is 10.2. The van der Waals surface area contributed by atoms with E-state index in [9.17, 15) is 9.90 Å². The van der Waals surface area contributed by atoms with E-state index < -0.39 is 6.10 Å². The monoisotopic (exact) mass is 432 g/mol. The van der Waals surface area contributed by atoms with Crippen LogP contribution in [0.5, 0.6) is 5.88 Å². The molecule has 1 N–H and O–H groups in total. The molecule has 1 aromatic carbocycles. The number of nitrogens with zero attached hydrogens (tertiary/aromatic N) is 4. The predicted molar refractivity (Wildman–Crippen MR) is 120 cm³/mol. The van der Waals surface area contributed by atoms with Gasteiger partial charge in [-0.2, -0.15) is 5.10 Å². The number of aliphatic hydroxyl groups is 1. The van der Waals surface area contributed by atoms with Crippen molar-refractivity contribution in [1.29, 1.82) is 0 Å². The summed E-state index contributed by atoms with van der Waals surface area (Å²) < 4.78 is 7.86. The molecule has 0 saturated heterocycles. The minimum atomic E-state index is -0.504. The van der Waals surface area contributed by atoms with Crippen LogP contribution in [0.2, 0.25) is 0 Å². The maximum Gasteiger partial charge on any atom is 0.260 e. The number of carbonyl (C=O) groups excluding carboxylic acids is 1. The molecular formula is C25H28N4O3. The number of carbonyl (C=O) groups is 1. The number of aromatic nitrogens is 3. The third kappa shape index (κ3) is 3.88. The summed E-state index contributed by atoms with van der Waals surface area (Å²) in [7, 11) is 1.92. The van der Waals surface area contributed by atoms with Gasteiger partial charge in [-0.1, -0.05) is 30.7 Å². The van der Waals surface area contributed by atoms with Gasteiger partial charge in [-0.15, -0.1) is 0 Å². The van der Waals surface area contributed by atoms with Crippen LogP contribution in [0.1, 0.15) is 52.9 Å². The number of rotatable bonds is 5. The molecule has 0 spiro atoms. The van der Waals surface area contributed by atoms with E-state index in [-0.39, 0.29) is 12.0 Å². The van der Waals surface area contributed by atoms with Gasteiger partial charge in [-0.3, -0.25) is 9.48 Å². The van der Waals surface area contributed by atoms with Gasteiger partial charge in [0.15, 0.2) is 0 Å². The zero-order valence-electron chi connectivity index (χ0n) is 18.5. The Hall–Kier alpha value is -3.19. The van der Waals surface area contributed by atoms with E-state index >= 15 is 0 Å². The van der Waals surface area contributed by atoms with Crippen molar-refractivity contribution in [3.05, 3.63) is 65.1 Å². The van der Waals surface area contributed by atoms with Crippen molar-refractivity contribution in [2.24, 2.45) is 7.05 Å². The number of aryl methyl sites for hydroxylation is 2. The van der Waals surface area contributed by atoms with Crippen LogP contribution in [-0.2, 0) is 20.1 Å². The summed E-state index contributed by atoms with van der Waals surface area (Å²) in [5.74, 6) is 0.281. The Balaban J connectivity index is 1.31. The van der Waals surface area contributed by atoms with E-state index in [2.05, 4.69) is 34.3 Å². The number of pyridine rings is 1. The lowest BCUT2D eigenvalue weighted by atomic mass is 9.95. The molecule has 1 aliphatic carbocycles. The van der Waals surface area contributed by atoms with E-state index in [4.69, 9.17) is 4.74 Å². The van der Waals surface area contributed by atoms with Gasteiger partial charge in [-0.25, -0.2) is 4.98 Å². The molecule has 32 heavy (non-hydrogen) atoms. The third-order valence-corrected chi connectivity index (χ3v) is 6.45. The lowest BCUT2D eigenvalue weighted by molar-refractivity contribution is 0.00397. The smallest absolute Gasteiger partial charge is 0.260 e. The first kappa shape index (κ1) is 20.7. The van der Waals surface area contributed by atoms with Gasteiger partial charge in [0, 0.05) is 38.1 Å². The molecule has 166 valence electrons. The maximum absolute atomic E-state index is 13.2. The van der Waals surface area contributed by atoms with Crippen molar-refractivity contribution in [2.75, 3.05) is 0 Å². The van der Waals surface area contributed by atoms with Gasteiger partial charge in [0.1, 0.15) is 11.7 Å². The molecule has 1 fully saturated rings. The molecule has 1 saturated carbocycles. The van der Waals surface area contributed by atoms with Gasteiger partial charge in [-0.05, 0) is 48.9 Å². The van der Waals surface area contributed by atoms with E-state index in [0.29, 0.717) is 24.5 Å². The molecule has 7 nitrogen and oxygen atoms in total. The molecule has 5 rings (SSSR count). The molecule has 2 unspecified atom stereocenters. The van der Waals surface area contributed by atoms with Crippen molar-refractivity contribution in [1.82, 2.24) is 19.7 Å². The van der Waals surface area contributed by atoms with Crippen LogP contribution in [0.25, 0.3) is 11.1 Å². The van der Waals surface area contributed by atoms with Gasteiger partial charge >= 0.3 is 0 Å². The molecule has 2 aliphatic rings. The largest absolute Gasteiger partial charge is 0.471 e. The summed E-state index contributed by atoms with van der Waals surface area (Å²) in [5.41, 5.74) is 5.74. The lowest BCUT2D eigenvalue weighted by Crippen LogP contribution is -2.35. The highest BCUT2D eigenvalue weighted by atomic mass is 16.5. The summed E-state index contributed by atoms with van der Waals surface area (Å²) in [5, 5.41) is 14.7. The first-order valence-electron chi connectivity index (χ1n) is 11.2. The fraction of sp³-hybridized carbons (Fsp3) is 0.400. The molecular weight excluding hydrogens is 404 g/mol. The van der Waals surface area contributed by atoms with Crippen LogP contribution in [-0.4, -0.2) is 42.9 Å². The average molecular weight is 433 g/mol. The highest BCUT2D eigenvalue weighted by Gasteiger charge is 2.34. The van der Waals surface area contributed by atoms with Gasteiger partial charge in [0.2, 0.25) is 5.88 Å². The Morgan fingerprint density at radius 3 is 2.66 bits per heavy atom. The number of ether oxygens (including phenoxy) is 1. The first-order valence-corrected chi connectivity index (χ1v) is 11.2. The minimum absolute atomic E-state index is 0.0689. The molecule has 1 amide bonds. The SMILES string of the molecule is Cc1nn(C)cc1-c1ccc(CN2Cc3ccnc(OC4CCCCC4O)c3C2=O)cc1. The Morgan fingerprint density at radius 1 is 1.16 bits per heavy atom. The van der Waals surface area contributed by atoms with Crippen molar-refractivity contribution < 1.29 is 14.6 Å². The second-order valence-corrected chi connectivity index (χ2v) is 8.82. The standard InChI is InChI=1S/C25H28N4O3/c1-16-20(15-28(2)27-16)18-9-7-17(8-10-18)13-29-14-19-11-12-26-24(23(19)25(29)31)32-22-6-4-3-5-21(22)30/h7-12,15,21-22,30H,3-6,13-14H2,1-2H3. The molecule has 3 heterocycles. The second-order valence-electron chi connectivity index (χ2n) is 8.82. The van der Waals surface area contributed by atoms with Crippen molar-refractivity contribution in [2.45, 2.75) is 57.9 Å². The fourth-order valence-electron chi connectivity index (χ4n) is 4.74. The molecule has 2 atom stereocenters. The van der Waals surface area contributed by atoms with Crippen LogP contribution in [0.4, 0.5) is 0 Å². The van der Waals surface area contributed by atoms with E-state index in [1.54, 1.807) is 6.20 Å². The highest BCUT2D eigenvalue weighted by Crippen LogP contribution is 2.33. The fourth-order valence-corrected chi connectivity index (χ4v) is 4.74. The zero-order valence-corrected chi connectivity index (χ0v) is 18.5. The maximum atomic E-state index is 13.2. The Bertz CT molecular complexity index is 1140. The summed E-state index contributed by atoms with van der Waals surface area (Å²) in [4.78, 5) is 19.4. The molecule has 1 aliphatic heterocycles. The summed E-state index contributed by atoms with van der Waals surface area (Å²) in [6.45, 7) is 3.05. The quantitative estimate of drug-likeness (QED) is 0.666. The molecule has 3 aromatic rings. The topological polar surface area (TPSA) is 80.5 Å². The average Bonchev–Trinajstić information content (AvgIpc) is 3.29. The zero-order chi connectivity index (χ0) is 22.2. The Kier molecular flexibility index (Phi) is 5.43. The van der Waals surface area contributed by atoms with Crippen molar-refractivity contribution in [3.8, 4) is 17.0 Å². The van der Waals surface area contributed by atoms with E-state index in [1.165, 1.54) is 0 Å². The Labute approximate surface area is 187 Å². The first-order chi connectivity index (χ1) is 15.5. The van der Waals surface area contributed by atoms with Crippen LogP contribution < -0.4 is 4.74 Å².